The maximum atomic E-state index is 13.2. The van der Waals surface area contributed by atoms with E-state index in [9.17, 15) is 13.2 Å². The lowest BCUT2D eigenvalue weighted by Crippen LogP contribution is -2.47. The van der Waals surface area contributed by atoms with Crippen LogP contribution in [0.4, 0.5) is 0 Å². The number of benzene rings is 2. The third-order valence-electron chi connectivity index (χ3n) is 6.28. The monoisotopic (exact) mass is 556 g/mol. The Hall–Kier alpha value is -2.48. The van der Waals surface area contributed by atoms with Crippen molar-refractivity contribution in [2.75, 3.05) is 19.3 Å². The molecule has 2 atom stereocenters. The van der Waals surface area contributed by atoms with Gasteiger partial charge in [-0.3, -0.25) is 4.79 Å². The van der Waals surface area contributed by atoms with Gasteiger partial charge in [-0.25, -0.2) is 8.42 Å². The Morgan fingerprint density at radius 1 is 1.14 bits per heavy atom. The van der Waals surface area contributed by atoms with Gasteiger partial charge in [-0.1, -0.05) is 77.0 Å². The highest BCUT2D eigenvalue weighted by atomic mass is 79.9. The summed E-state index contributed by atoms with van der Waals surface area (Å²) >= 11 is 3.32. The minimum atomic E-state index is -3.48. The van der Waals surface area contributed by atoms with E-state index in [1.54, 1.807) is 43.3 Å². The molecule has 2 unspecified atom stereocenters. The molecule has 5 nitrogen and oxygen atoms in total. The third kappa shape index (κ3) is 7.50. The summed E-state index contributed by atoms with van der Waals surface area (Å²) in [6, 6.07) is 16.7. The Bertz CT molecular complexity index is 1190. The van der Waals surface area contributed by atoms with Crippen molar-refractivity contribution < 1.29 is 13.2 Å². The lowest BCUT2D eigenvalue weighted by atomic mass is 9.91. The predicted octanol–water partition coefficient (Wildman–Crippen LogP) is 5.62. The number of hydrogen-bond acceptors (Lipinski definition) is 4. The Labute approximate surface area is 217 Å². The molecule has 1 fully saturated rings. The van der Waals surface area contributed by atoms with Gasteiger partial charge in [0, 0.05) is 16.1 Å². The molecule has 186 valence electrons. The van der Waals surface area contributed by atoms with E-state index in [-0.39, 0.29) is 28.6 Å². The number of hydrogen-bond donors (Lipinski definition) is 1. The van der Waals surface area contributed by atoms with Crippen LogP contribution in [0.1, 0.15) is 37.8 Å². The van der Waals surface area contributed by atoms with Crippen LogP contribution in [-0.2, 0) is 14.6 Å². The standard InChI is InChI=1S/C28H33BrN2O3S/c1-4-22(14-13-21(2)20-35(33,34)25-17-15-24(29)16-18-25)28(32)30-27(23-10-6-5-7-11-23)26-12-8-9-19-31(26)3/h4-7,10-11,13-18,26-27H,1,8-9,12,19-20H2,2-3H3,(H,30,32)/b21-13-,22-14+. The maximum Gasteiger partial charge on any atom is 0.251 e. The maximum absolute atomic E-state index is 13.2. The first-order valence-corrected chi connectivity index (χ1v) is 14.2. The van der Waals surface area contributed by atoms with Gasteiger partial charge in [0.25, 0.3) is 5.91 Å². The van der Waals surface area contributed by atoms with E-state index in [1.807, 2.05) is 30.3 Å². The summed E-state index contributed by atoms with van der Waals surface area (Å²) < 4.78 is 26.3. The normalized spacial score (nSPS) is 18.7. The number of nitrogens with one attached hydrogen (secondary N) is 1. The van der Waals surface area contributed by atoms with Crippen LogP contribution in [0.3, 0.4) is 0 Å². The second-order valence-electron chi connectivity index (χ2n) is 8.96. The number of carbonyl (C=O) groups is 1. The molecule has 2 aromatic carbocycles. The van der Waals surface area contributed by atoms with Crippen LogP contribution < -0.4 is 5.32 Å². The minimum absolute atomic E-state index is 0.128. The van der Waals surface area contributed by atoms with Gasteiger partial charge in [0.1, 0.15) is 0 Å². The molecule has 1 aliphatic rings. The summed E-state index contributed by atoms with van der Waals surface area (Å²) in [5.41, 5.74) is 2.09. The van der Waals surface area contributed by atoms with Crippen LogP contribution in [0, 0.1) is 0 Å². The molecule has 0 spiro atoms. The number of allylic oxidation sites excluding steroid dienone is 2. The molecule has 1 saturated heterocycles. The van der Waals surface area contributed by atoms with Gasteiger partial charge < -0.3 is 10.2 Å². The van der Waals surface area contributed by atoms with Gasteiger partial charge in [-0.15, -0.1) is 0 Å². The lowest BCUT2D eigenvalue weighted by molar-refractivity contribution is -0.118. The van der Waals surface area contributed by atoms with Crippen LogP contribution in [-0.4, -0.2) is 44.6 Å². The average Bonchev–Trinajstić information content (AvgIpc) is 2.84. The molecule has 35 heavy (non-hydrogen) atoms. The number of halogens is 1. The summed E-state index contributed by atoms with van der Waals surface area (Å²) in [4.78, 5) is 15.8. The van der Waals surface area contributed by atoms with Gasteiger partial charge >= 0.3 is 0 Å². The van der Waals surface area contributed by atoms with Crippen molar-refractivity contribution in [1.29, 1.82) is 0 Å². The van der Waals surface area contributed by atoms with E-state index >= 15 is 0 Å². The number of rotatable bonds is 9. The molecule has 0 aliphatic carbocycles. The first-order valence-electron chi connectivity index (χ1n) is 11.8. The molecule has 1 N–H and O–H groups in total. The Morgan fingerprint density at radius 3 is 2.46 bits per heavy atom. The molecular weight excluding hydrogens is 524 g/mol. The molecule has 0 bridgehead atoms. The summed E-state index contributed by atoms with van der Waals surface area (Å²) in [6.45, 7) is 6.55. The van der Waals surface area contributed by atoms with Crippen molar-refractivity contribution in [2.45, 2.75) is 43.2 Å². The number of likely N-dealkylation sites (N-methyl/N-ethyl adjacent to an activating group) is 1. The van der Waals surface area contributed by atoms with Crippen molar-refractivity contribution in [3.8, 4) is 0 Å². The van der Waals surface area contributed by atoms with Gasteiger partial charge in [0.2, 0.25) is 0 Å². The van der Waals surface area contributed by atoms with E-state index in [1.165, 1.54) is 6.08 Å². The molecule has 2 aromatic rings. The van der Waals surface area contributed by atoms with E-state index in [0.717, 1.165) is 35.8 Å². The Balaban J connectivity index is 1.77. The van der Waals surface area contributed by atoms with Crippen molar-refractivity contribution in [2.24, 2.45) is 0 Å². The minimum Gasteiger partial charge on any atom is -0.344 e. The largest absolute Gasteiger partial charge is 0.344 e. The van der Waals surface area contributed by atoms with E-state index in [4.69, 9.17) is 0 Å². The smallest absolute Gasteiger partial charge is 0.251 e. The zero-order valence-electron chi connectivity index (χ0n) is 20.3. The molecule has 1 heterocycles. The van der Waals surface area contributed by atoms with Crippen molar-refractivity contribution in [1.82, 2.24) is 10.2 Å². The fourth-order valence-electron chi connectivity index (χ4n) is 4.35. The third-order valence-corrected chi connectivity index (χ3v) is 8.63. The summed E-state index contributed by atoms with van der Waals surface area (Å²) in [7, 11) is -1.37. The Morgan fingerprint density at radius 2 is 1.83 bits per heavy atom. The second kappa shape index (κ2) is 12.5. The highest BCUT2D eigenvalue weighted by Gasteiger charge is 2.30. The quantitative estimate of drug-likeness (QED) is 0.321. The number of sulfone groups is 1. The molecule has 1 aliphatic heterocycles. The number of amides is 1. The van der Waals surface area contributed by atoms with Gasteiger partial charge in [-0.05, 0) is 69.3 Å². The van der Waals surface area contributed by atoms with Gasteiger partial charge in [0.05, 0.1) is 16.7 Å². The molecule has 3 rings (SSSR count). The SMILES string of the molecule is C=C/C(=C\C=C(\C)CS(=O)(=O)c1ccc(Br)cc1)C(=O)NC(c1ccccc1)C1CCCCN1C. The molecular formula is C28H33BrN2O3S. The van der Waals surface area contributed by atoms with E-state index in [2.05, 4.69) is 39.8 Å². The Kier molecular flexibility index (Phi) is 9.66. The number of nitrogens with zero attached hydrogens (tertiary/aromatic N) is 1. The van der Waals surface area contributed by atoms with E-state index in [0.29, 0.717) is 11.1 Å². The zero-order valence-corrected chi connectivity index (χ0v) is 22.7. The molecule has 1 amide bonds. The lowest BCUT2D eigenvalue weighted by Gasteiger charge is -2.38. The zero-order chi connectivity index (χ0) is 25.4. The molecule has 0 radical (unpaired) electrons. The second-order valence-corrected chi connectivity index (χ2v) is 11.9. The van der Waals surface area contributed by atoms with E-state index < -0.39 is 9.84 Å². The fourth-order valence-corrected chi connectivity index (χ4v) is 6.03. The first-order chi connectivity index (χ1) is 16.7. The number of likely N-dealkylation sites (tertiary alicyclic amines) is 1. The average molecular weight is 558 g/mol. The molecule has 0 saturated carbocycles. The summed E-state index contributed by atoms with van der Waals surface area (Å²) in [5, 5.41) is 3.22. The fraction of sp³-hybridized carbons (Fsp3) is 0.321. The number of piperidine rings is 1. The summed E-state index contributed by atoms with van der Waals surface area (Å²) in [6.07, 6.45) is 8.13. The molecule has 0 aromatic heterocycles. The first kappa shape index (κ1) is 27.1. The summed E-state index contributed by atoms with van der Waals surface area (Å²) in [5.74, 6) is -0.357. The van der Waals surface area contributed by atoms with Crippen molar-refractivity contribution in [3.63, 3.8) is 0 Å². The van der Waals surface area contributed by atoms with Gasteiger partial charge in [-0.2, -0.15) is 0 Å². The van der Waals surface area contributed by atoms with Crippen LogP contribution >= 0.6 is 15.9 Å². The van der Waals surface area contributed by atoms with Crippen LogP contribution in [0.2, 0.25) is 0 Å². The van der Waals surface area contributed by atoms with Crippen LogP contribution in [0.15, 0.2) is 99.9 Å². The molecule has 7 heteroatoms. The predicted molar refractivity (Wildman–Crippen MR) is 146 cm³/mol. The topological polar surface area (TPSA) is 66.5 Å². The van der Waals surface area contributed by atoms with Gasteiger partial charge in [0.15, 0.2) is 9.84 Å². The van der Waals surface area contributed by atoms with Crippen LogP contribution in [0.5, 0.6) is 0 Å². The highest BCUT2D eigenvalue weighted by Crippen LogP contribution is 2.28. The highest BCUT2D eigenvalue weighted by molar-refractivity contribution is 9.10. The van der Waals surface area contributed by atoms with Crippen LogP contribution in [0.25, 0.3) is 0 Å². The van der Waals surface area contributed by atoms with Crippen molar-refractivity contribution in [3.05, 3.63) is 101 Å². The number of carbonyl (C=O) groups excluding carboxylic acids is 1. The van der Waals surface area contributed by atoms with Crippen molar-refractivity contribution >= 4 is 31.7 Å².